The number of carbonyl (C=O) groups is 2. The summed E-state index contributed by atoms with van der Waals surface area (Å²) in [5, 5.41) is 0.0117. The Balaban J connectivity index is 2.18. The number of ketones is 1. The maximum Gasteiger partial charge on any atom is 0.201 e. The van der Waals surface area contributed by atoms with E-state index < -0.39 is 0 Å². The molecule has 0 aromatic heterocycles. The van der Waals surface area contributed by atoms with Crippen LogP contribution in [0, 0.1) is 0 Å². The van der Waals surface area contributed by atoms with Gasteiger partial charge in [-0.25, -0.2) is 0 Å². The van der Waals surface area contributed by atoms with Crippen LogP contribution in [-0.2, 0) is 9.59 Å². The highest BCUT2D eigenvalue weighted by Gasteiger charge is 2.23. The minimum atomic E-state index is -0.376. The molecule has 2 rings (SSSR count). The Labute approximate surface area is 123 Å². The molecule has 20 heavy (non-hydrogen) atoms. The molecule has 0 aliphatic heterocycles. The van der Waals surface area contributed by atoms with Crippen molar-refractivity contribution in [2.24, 2.45) is 0 Å². The van der Waals surface area contributed by atoms with Crippen LogP contribution < -0.4 is 0 Å². The minimum Gasteiger partial charge on any atom is -0.300 e. The van der Waals surface area contributed by atoms with Gasteiger partial charge in [0.1, 0.15) is 5.78 Å². The van der Waals surface area contributed by atoms with Gasteiger partial charge in [-0.15, -0.1) is 0 Å². The summed E-state index contributed by atoms with van der Waals surface area (Å²) >= 11 is 1.20. The van der Waals surface area contributed by atoms with Crippen molar-refractivity contribution in [3.63, 3.8) is 0 Å². The Bertz CT molecular complexity index is 578. The lowest BCUT2D eigenvalue weighted by Crippen LogP contribution is -2.12. The van der Waals surface area contributed by atoms with Crippen molar-refractivity contribution in [2.45, 2.75) is 24.2 Å². The molecule has 2 aromatic carbocycles. The topological polar surface area (TPSA) is 34.1 Å². The Morgan fingerprint density at radius 3 is 2.05 bits per heavy atom. The lowest BCUT2D eigenvalue weighted by molar-refractivity contribution is -0.120. The molecule has 0 heterocycles. The number of Topliss-reactive ketones (excluding diaryl/α,β-unsaturated/α-hetero) is 1. The zero-order chi connectivity index (χ0) is 14.4. The third-order valence-electron chi connectivity index (χ3n) is 2.94. The van der Waals surface area contributed by atoms with Gasteiger partial charge in [0.2, 0.25) is 5.12 Å². The Hall–Kier alpha value is -1.87. The van der Waals surface area contributed by atoms with E-state index in [9.17, 15) is 9.59 Å². The first-order chi connectivity index (χ1) is 9.66. The van der Waals surface area contributed by atoms with Gasteiger partial charge in [-0.2, -0.15) is 0 Å². The average Bonchev–Trinajstić information content (AvgIpc) is 2.46. The van der Waals surface area contributed by atoms with Gasteiger partial charge >= 0.3 is 0 Å². The van der Waals surface area contributed by atoms with Gasteiger partial charge in [0, 0.05) is 11.3 Å². The summed E-state index contributed by atoms with van der Waals surface area (Å²) in [4.78, 5) is 24.8. The highest BCUT2D eigenvalue weighted by Crippen LogP contribution is 2.30. The highest BCUT2D eigenvalue weighted by molar-refractivity contribution is 8.13. The normalized spacial score (nSPS) is 11.8. The monoisotopic (exact) mass is 284 g/mol. The van der Waals surface area contributed by atoms with Gasteiger partial charge in [0.25, 0.3) is 0 Å². The number of hydrogen-bond donors (Lipinski definition) is 0. The van der Waals surface area contributed by atoms with E-state index in [0.29, 0.717) is 0 Å². The summed E-state index contributed by atoms with van der Waals surface area (Å²) in [6.07, 6.45) is 0.253. The van der Waals surface area contributed by atoms with Crippen molar-refractivity contribution < 1.29 is 9.59 Å². The second kappa shape index (κ2) is 7.06. The summed E-state index contributed by atoms with van der Waals surface area (Å²) in [7, 11) is 0. The fourth-order valence-electron chi connectivity index (χ4n) is 1.99. The van der Waals surface area contributed by atoms with Crippen LogP contribution in [0.1, 0.15) is 24.8 Å². The molecule has 0 aliphatic rings. The summed E-state index contributed by atoms with van der Waals surface area (Å²) in [5.41, 5.74) is 0.899. The summed E-state index contributed by atoms with van der Waals surface area (Å²) in [5.74, 6) is -0.347. The van der Waals surface area contributed by atoms with Crippen LogP contribution >= 0.6 is 11.8 Å². The lowest BCUT2D eigenvalue weighted by Gasteiger charge is -2.14. The molecule has 0 bridgehead atoms. The van der Waals surface area contributed by atoms with Gasteiger partial charge in [-0.05, 0) is 24.6 Å². The quantitative estimate of drug-likeness (QED) is 0.776. The van der Waals surface area contributed by atoms with Gasteiger partial charge in [-0.1, -0.05) is 60.3 Å². The lowest BCUT2D eigenvalue weighted by atomic mass is 9.95. The van der Waals surface area contributed by atoms with Crippen molar-refractivity contribution in [3.8, 4) is 0 Å². The molecule has 1 atom stereocenters. The zero-order valence-corrected chi connectivity index (χ0v) is 12.1. The van der Waals surface area contributed by atoms with Crippen molar-refractivity contribution in [2.75, 3.05) is 0 Å². The van der Waals surface area contributed by atoms with Crippen molar-refractivity contribution in [1.29, 1.82) is 0 Å². The largest absolute Gasteiger partial charge is 0.300 e. The highest BCUT2D eigenvalue weighted by atomic mass is 32.2. The third kappa shape index (κ3) is 4.07. The number of rotatable bonds is 5. The van der Waals surface area contributed by atoms with E-state index in [0.717, 1.165) is 10.5 Å². The molecule has 0 aliphatic carbocycles. The van der Waals surface area contributed by atoms with Crippen LogP contribution in [-0.4, -0.2) is 10.9 Å². The zero-order valence-electron chi connectivity index (χ0n) is 11.3. The van der Waals surface area contributed by atoms with Crippen LogP contribution in [0.2, 0.25) is 0 Å². The molecular formula is C17H16O2S. The van der Waals surface area contributed by atoms with Crippen LogP contribution in [0.15, 0.2) is 65.6 Å². The van der Waals surface area contributed by atoms with Crippen LogP contribution in [0.3, 0.4) is 0 Å². The molecule has 2 aromatic rings. The van der Waals surface area contributed by atoms with E-state index in [1.165, 1.54) is 18.7 Å². The Morgan fingerprint density at radius 1 is 0.950 bits per heavy atom. The second-order valence-corrected chi connectivity index (χ2v) is 5.68. The molecule has 2 nitrogen and oxygen atoms in total. The Kier molecular flexibility index (Phi) is 5.13. The molecular weight excluding hydrogens is 268 g/mol. The van der Waals surface area contributed by atoms with Crippen LogP contribution in [0.25, 0.3) is 0 Å². The fraction of sp³-hybridized carbons (Fsp3) is 0.176. The van der Waals surface area contributed by atoms with E-state index in [4.69, 9.17) is 0 Å². The maximum atomic E-state index is 12.5. The fourth-order valence-corrected chi connectivity index (χ4v) is 2.87. The summed E-state index contributed by atoms with van der Waals surface area (Å²) in [6.45, 7) is 1.52. The van der Waals surface area contributed by atoms with E-state index in [1.807, 2.05) is 60.7 Å². The predicted molar refractivity (Wildman–Crippen MR) is 81.8 cm³/mol. The molecule has 3 heteroatoms. The molecule has 0 fully saturated rings. The van der Waals surface area contributed by atoms with Gasteiger partial charge < -0.3 is 0 Å². The summed E-state index contributed by atoms with van der Waals surface area (Å²) in [6, 6.07) is 19.0. The van der Waals surface area contributed by atoms with E-state index in [2.05, 4.69) is 0 Å². The molecule has 0 radical (unpaired) electrons. The van der Waals surface area contributed by atoms with Crippen molar-refractivity contribution in [1.82, 2.24) is 0 Å². The van der Waals surface area contributed by atoms with Gasteiger partial charge in [0.05, 0.1) is 5.92 Å². The van der Waals surface area contributed by atoms with Crippen LogP contribution in [0.5, 0.6) is 0 Å². The molecule has 0 saturated carbocycles. The van der Waals surface area contributed by atoms with E-state index in [-0.39, 0.29) is 23.2 Å². The molecule has 102 valence electrons. The van der Waals surface area contributed by atoms with E-state index in [1.54, 1.807) is 0 Å². The smallest absolute Gasteiger partial charge is 0.201 e. The molecule has 0 amide bonds. The first-order valence-corrected chi connectivity index (χ1v) is 7.29. The van der Waals surface area contributed by atoms with Gasteiger partial charge in [-0.3, -0.25) is 9.59 Å². The molecule has 0 spiro atoms. The number of hydrogen-bond acceptors (Lipinski definition) is 3. The average molecular weight is 284 g/mol. The van der Waals surface area contributed by atoms with Crippen molar-refractivity contribution >= 4 is 22.7 Å². The minimum absolute atomic E-state index is 0.0117. The van der Waals surface area contributed by atoms with E-state index >= 15 is 0 Å². The maximum absolute atomic E-state index is 12.5. The number of carbonyl (C=O) groups excluding carboxylic acids is 2. The molecule has 1 unspecified atom stereocenters. The second-order valence-electron chi connectivity index (χ2n) is 4.60. The first-order valence-electron chi connectivity index (χ1n) is 6.48. The van der Waals surface area contributed by atoms with Crippen molar-refractivity contribution in [3.05, 3.63) is 66.2 Å². The number of thioether (sulfide) groups is 1. The Morgan fingerprint density at radius 2 is 1.50 bits per heavy atom. The van der Waals surface area contributed by atoms with Gasteiger partial charge in [0.15, 0.2) is 0 Å². The standard InChI is InChI=1S/C17H16O2S/c1-13(18)12-16(14-8-4-2-5-9-14)17(19)20-15-10-6-3-7-11-15/h2-11,16H,12H2,1H3. The third-order valence-corrected chi connectivity index (χ3v) is 3.93. The van der Waals surface area contributed by atoms with Crippen LogP contribution in [0.4, 0.5) is 0 Å². The predicted octanol–water partition coefficient (Wildman–Crippen LogP) is 4.07. The SMILES string of the molecule is CC(=O)CC(C(=O)Sc1ccccc1)c1ccccc1. The number of benzene rings is 2. The summed E-state index contributed by atoms with van der Waals surface area (Å²) < 4.78 is 0. The molecule has 0 N–H and O–H groups in total. The first kappa shape index (κ1) is 14.5. The molecule has 0 saturated heterocycles.